The SMILES string of the molecule is Cc1c(Cl)cccc1C(=O)NCc1ccn[nH]1. The van der Waals surface area contributed by atoms with Crippen LogP contribution in [0.15, 0.2) is 30.5 Å². The van der Waals surface area contributed by atoms with Crippen molar-refractivity contribution < 1.29 is 4.79 Å². The minimum atomic E-state index is -0.139. The van der Waals surface area contributed by atoms with Crippen molar-refractivity contribution in [1.29, 1.82) is 0 Å². The highest BCUT2D eigenvalue weighted by atomic mass is 35.5. The topological polar surface area (TPSA) is 57.8 Å². The number of nitrogens with one attached hydrogen (secondary N) is 2. The summed E-state index contributed by atoms with van der Waals surface area (Å²) in [5.74, 6) is -0.139. The van der Waals surface area contributed by atoms with Gasteiger partial charge in [-0.25, -0.2) is 0 Å². The van der Waals surface area contributed by atoms with Gasteiger partial charge in [-0.3, -0.25) is 9.89 Å². The Morgan fingerprint density at radius 1 is 1.47 bits per heavy atom. The quantitative estimate of drug-likeness (QED) is 0.877. The fourth-order valence-corrected chi connectivity index (χ4v) is 1.68. The summed E-state index contributed by atoms with van der Waals surface area (Å²) in [6.07, 6.45) is 1.64. The standard InChI is InChI=1S/C12H12ClN3O/c1-8-10(3-2-4-11(8)13)12(17)14-7-9-5-6-15-16-9/h2-6H,7H2,1H3,(H,14,17)(H,15,16). The van der Waals surface area contributed by atoms with Gasteiger partial charge in [0.25, 0.3) is 5.91 Å². The number of H-pyrrole nitrogens is 1. The molecule has 0 saturated heterocycles. The van der Waals surface area contributed by atoms with E-state index in [-0.39, 0.29) is 5.91 Å². The van der Waals surface area contributed by atoms with E-state index in [2.05, 4.69) is 15.5 Å². The zero-order valence-corrected chi connectivity index (χ0v) is 10.1. The van der Waals surface area contributed by atoms with Crippen LogP contribution in [0.5, 0.6) is 0 Å². The highest BCUT2D eigenvalue weighted by molar-refractivity contribution is 6.31. The van der Waals surface area contributed by atoms with Gasteiger partial charge < -0.3 is 5.32 Å². The van der Waals surface area contributed by atoms with Crippen LogP contribution in [0, 0.1) is 6.92 Å². The van der Waals surface area contributed by atoms with Crippen LogP contribution in [0.3, 0.4) is 0 Å². The van der Waals surface area contributed by atoms with Crippen molar-refractivity contribution in [2.75, 3.05) is 0 Å². The van der Waals surface area contributed by atoms with E-state index < -0.39 is 0 Å². The first kappa shape index (κ1) is 11.7. The number of hydrogen-bond donors (Lipinski definition) is 2. The van der Waals surface area contributed by atoms with Gasteiger partial charge in [-0.1, -0.05) is 17.7 Å². The van der Waals surface area contributed by atoms with E-state index in [1.165, 1.54) is 0 Å². The molecule has 0 aliphatic carbocycles. The Balaban J connectivity index is 2.07. The number of aromatic nitrogens is 2. The lowest BCUT2D eigenvalue weighted by molar-refractivity contribution is 0.0950. The van der Waals surface area contributed by atoms with Gasteiger partial charge in [0.05, 0.1) is 12.2 Å². The smallest absolute Gasteiger partial charge is 0.251 e. The molecule has 0 aliphatic heterocycles. The van der Waals surface area contributed by atoms with Gasteiger partial charge in [-0.15, -0.1) is 0 Å². The van der Waals surface area contributed by atoms with Gasteiger partial charge in [-0.05, 0) is 30.7 Å². The molecule has 0 spiro atoms. The van der Waals surface area contributed by atoms with E-state index in [1.54, 1.807) is 24.4 Å². The summed E-state index contributed by atoms with van der Waals surface area (Å²) in [7, 11) is 0. The molecule has 1 heterocycles. The third kappa shape index (κ3) is 2.65. The monoisotopic (exact) mass is 249 g/mol. The number of aromatic amines is 1. The molecule has 5 heteroatoms. The second kappa shape index (κ2) is 5.01. The summed E-state index contributed by atoms with van der Waals surface area (Å²) < 4.78 is 0. The summed E-state index contributed by atoms with van der Waals surface area (Å²) in [4.78, 5) is 11.9. The average Bonchev–Trinajstić information content (AvgIpc) is 2.82. The van der Waals surface area contributed by atoms with E-state index in [4.69, 9.17) is 11.6 Å². The van der Waals surface area contributed by atoms with E-state index in [0.717, 1.165) is 11.3 Å². The number of carbonyl (C=O) groups excluding carboxylic acids is 1. The van der Waals surface area contributed by atoms with Crippen LogP contribution >= 0.6 is 11.6 Å². The summed E-state index contributed by atoms with van der Waals surface area (Å²) in [5, 5.41) is 9.98. The van der Waals surface area contributed by atoms with Gasteiger partial charge in [0, 0.05) is 16.8 Å². The van der Waals surface area contributed by atoms with Crippen molar-refractivity contribution in [3.8, 4) is 0 Å². The Morgan fingerprint density at radius 3 is 3.00 bits per heavy atom. The van der Waals surface area contributed by atoms with Crippen LogP contribution in [-0.2, 0) is 6.54 Å². The lowest BCUT2D eigenvalue weighted by atomic mass is 10.1. The lowest BCUT2D eigenvalue weighted by Crippen LogP contribution is -2.23. The first-order chi connectivity index (χ1) is 8.18. The molecule has 0 bridgehead atoms. The predicted octanol–water partition coefficient (Wildman–Crippen LogP) is 2.30. The largest absolute Gasteiger partial charge is 0.346 e. The van der Waals surface area contributed by atoms with Crippen LogP contribution in [-0.4, -0.2) is 16.1 Å². The molecule has 1 aromatic carbocycles. The third-order valence-electron chi connectivity index (χ3n) is 2.51. The normalized spacial score (nSPS) is 10.2. The molecule has 17 heavy (non-hydrogen) atoms. The van der Waals surface area contributed by atoms with E-state index in [9.17, 15) is 4.79 Å². The van der Waals surface area contributed by atoms with Crippen LogP contribution in [0.4, 0.5) is 0 Å². The number of rotatable bonds is 3. The highest BCUT2D eigenvalue weighted by Crippen LogP contribution is 2.18. The minimum Gasteiger partial charge on any atom is -0.346 e. The molecule has 88 valence electrons. The summed E-state index contributed by atoms with van der Waals surface area (Å²) in [6.45, 7) is 2.25. The maximum absolute atomic E-state index is 11.9. The molecule has 0 radical (unpaired) electrons. The van der Waals surface area contributed by atoms with Gasteiger partial charge in [0.2, 0.25) is 0 Å². The molecule has 0 aliphatic rings. The van der Waals surface area contributed by atoms with E-state index >= 15 is 0 Å². The Labute approximate surface area is 104 Å². The molecule has 0 atom stereocenters. The molecule has 0 fully saturated rings. The van der Waals surface area contributed by atoms with E-state index in [0.29, 0.717) is 17.1 Å². The second-order valence-corrected chi connectivity index (χ2v) is 4.08. The molecule has 1 aromatic heterocycles. The number of hydrogen-bond acceptors (Lipinski definition) is 2. The van der Waals surface area contributed by atoms with Gasteiger partial charge in [0.1, 0.15) is 0 Å². The molecule has 2 aromatic rings. The Bertz CT molecular complexity index is 523. The molecule has 2 N–H and O–H groups in total. The lowest BCUT2D eigenvalue weighted by Gasteiger charge is -2.07. The highest BCUT2D eigenvalue weighted by Gasteiger charge is 2.10. The fourth-order valence-electron chi connectivity index (χ4n) is 1.51. The van der Waals surface area contributed by atoms with Crippen LogP contribution < -0.4 is 5.32 Å². The second-order valence-electron chi connectivity index (χ2n) is 3.68. The summed E-state index contributed by atoms with van der Waals surface area (Å²) >= 11 is 5.96. The number of halogens is 1. The summed E-state index contributed by atoms with van der Waals surface area (Å²) in [6, 6.07) is 7.09. The third-order valence-corrected chi connectivity index (χ3v) is 2.92. The van der Waals surface area contributed by atoms with Crippen molar-refractivity contribution in [3.05, 3.63) is 52.3 Å². The zero-order valence-electron chi connectivity index (χ0n) is 9.33. The number of amides is 1. The molecule has 0 saturated carbocycles. The molecule has 2 rings (SSSR count). The molecular weight excluding hydrogens is 238 g/mol. The van der Waals surface area contributed by atoms with Crippen molar-refractivity contribution in [3.63, 3.8) is 0 Å². The van der Waals surface area contributed by atoms with Gasteiger partial charge >= 0.3 is 0 Å². The molecule has 0 unspecified atom stereocenters. The van der Waals surface area contributed by atoms with Gasteiger partial charge in [-0.2, -0.15) is 5.10 Å². The minimum absolute atomic E-state index is 0.139. The molecule has 1 amide bonds. The Hall–Kier alpha value is -1.81. The van der Waals surface area contributed by atoms with Crippen LogP contribution in [0.1, 0.15) is 21.6 Å². The van der Waals surface area contributed by atoms with Crippen molar-refractivity contribution in [2.45, 2.75) is 13.5 Å². The van der Waals surface area contributed by atoms with Crippen molar-refractivity contribution >= 4 is 17.5 Å². The van der Waals surface area contributed by atoms with Crippen LogP contribution in [0.2, 0.25) is 5.02 Å². The average molecular weight is 250 g/mol. The Morgan fingerprint density at radius 2 is 2.29 bits per heavy atom. The number of nitrogens with zero attached hydrogens (tertiary/aromatic N) is 1. The fraction of sp³-hybridized carbons (Fsp3) is 0.167. The van der Waals surface area contributed by atoms with Crippen LogP contribution in [0.25, 0.3) is 0 Å². The maximum atomic E-state index is 11.9. The molecule has 4 nitrogen and oxygen atoms in total. The zero-order chi connectivity index (χ0) is 12.3. The molecular formula is C12H12ClN3O. The van der Waals surface area contributed by atoms with Crippen molar-refractivity contribution in [1.82, 2.24) is 15.5 Å². The first-order valence-corrected chi connectivity index (χ1v) is 5.58. The van der Waals surface area contributed by atoms with E-state index in [1.807, 2.05) is 13.0 Å². The first-order valence-electron chi connectivity index (χ1n) is 5.20. The van der Waals surface area contributed by atoms with Gasteiger partial charge in [0.15, 0.2) is 0 Å². The van der Waals surface area contributed by atoms with Crippen molar-refractivity contribution in [2.24, 2.45) is 0 Å². The predicted molar refractivity (Wildman–Crippen MR) is 65.9 cm³/mol. The number of benzene rings is 1. The number of carbonyl (C=O) groups is 1. The summed E-state index contributed by atoms with van der Waals surface area (Å²) in [5.41, 5.74) is 2.24. The maximum Gasteiger partial charge on any atom is 0.251 e. The Kier molecular flexibility index (Phi) is 3.44.